The number of para-hydroxylation sites is 1. The summed E-state index contributed by atoms with van der Waals surface area (Å²) in [7, 11) is 0. The Bertz CT molecular complexity index is 1210. The Morgan fingerprint density at radius 1 is 1.03 bits per heavy atom. The van der Waals surface area contributed by atoms with E-state index < -0.39 is 0 Å². The van der Waals surface area contributed by atoms with Gasteiger partial charge in [0.05, 0.1) is 5.25 Å². The Hall–Kier alpha value is -3.29. The number of hydrogen-bond acceptors (Lipinski definition) is 5. The SMILES string of the molecule is Cc1ccc(NC(=O)[C@H](C)Sc2nnc(COc3ccc(Cl)cc3)n2-c2ccccc2)cc1. The average Bonchev–Trinajstić information content (AvgIpc) is 3.23. The zero-order chi connectivity index (χ0) is 23.2. The van der Waals surface area contributed by atoms with E-state index in [1.54, 1.807) is 24.3 Å². The molecule has 0 saturated heterocycles. The van der Waals surface area contributed by atoms with Gasteiger partial charge in [0.15, 0.2) is 11.0 Å². The van der Waals surface area contributed by atoms with Crippen molar-refractivity contribution in [2.75, 3.05) is 5.32 Å². The molecule has 0 unspecified atom stereocenters. The molecule has 33 heavy (non-hydrogen) atoms. The van der Waals surface area contributed by atoms with Crippen molar-refractivity contribution in [3.63, 3.8) is 0 Å². The molecule has 6 nitrogen and oxygen atoms in total. The minimum atomic E-state index is -0.386. The van der Waals surface area contributed by atoms with Gasteiger partial charge in [-0.15, -0.1) is 10.2 Å². The summed E-state index contributed by atoms with van der Waals surface area (Å²) in [6.45, 7) is 4.07. The molecule has 1 atom stereocenters. The zero-order valence-corrected chi connectivity index (χ0v) is 19.8. The van der Waals surface area contributed by atoms with Crippen LogP contribution in [0.5, 0.6) is 5.75 Å². The molecule has 0 bridgehead atoms. The number of carbonyl (C=O) groups is 1. The van der Waals surface area contributed by atoms with E-state index in [0.29, 0.717) is 21.8 Å². The lowest BCUT2D eigenvalue weighted by Gasteiger charge is -2.14. The van der Waals surface area contributed by atoms with Crippen LogP contribution < -0.4 is 10.1 Å². The number of aryl methyl sites for hydroxylation is 1. The van der Waals surface area contributed by atoms with Gasteiger partial charge in [-0.3, -0.25) is 9.36 Å². The average molecular weight is 479 g/mol. The number of hydrogen-bond donors (Lipinski definition) is 1. The first-order valence-electron chi connectivity index (χ1n) is 10.4. The third-order valence-electron chi connectivity index (χ3n) is 4.87. The van der Waals surface area contributed by atoms with Gasteiger partial charge >= 0.3 is 0 Å². The lowest BCUT2D eigenvalue weighted by Crippen LogP contribution is -2.23. The lowest BCUT2D eigenvalue weighted by atomic mass is 10.2. The summed E-state index contributed by atoms with van der Waals surface area (Å²) in [6, 6.07) is 24.6. The number of carbonyl (C=O) groups excluding carboxylic acids is 1. The molecule has 4 aromatic rings. The van der Waals surface area contributed by atoms with Crippen LogP contribution in [0, 0.1) is 6.92 Å². The van der Waals surface area contributed by atoms with E-state index in [9.17, 15) is 4.79 Å². The first kappa shape index (κ1) is 22.9. The summed E-state index contributed by atoms with van der Waals surface area (Å²) in [5.74, 6) is 1.21. The Labute approximate surface area is 202 Å². The number of benzene rings is 3. The summed E-state index contributed by atoms with van der Waals surface area (Å²) in [6.07, 6.45) is 0. The van der Waals surface area contributed by atoms with Crippen molar-refractivity contribution in [3.8, 4) is 11.4 Å². The maximum Gasteiger partial charge on any atom is 0.237 e. The highest BCUT2D eigenvalue weighted by Gasteiger charge is 2.21. The van der Waals surface area contributed by atoms with Crippen LogP contribution in [0.4, 0.5) is 5.69 Å². The predicted molar refractivity (Wildman–Crippen MR) is 132 cm³/mol. The van der Waals surface area contributed by atoms with E-state index in [4.69, 9.17) is 16.3 Å². The van der Waals surface area contributed by atoms with Crippen molar-refractivity contribution in [2.24, 2.45) is 0 Å². The van der Waals surface area contributed by atoms with Crippen LogP contribution in [0.25, 0.3) is 5.69 Å². The van der Waals surface area contributed by atoms with Crippen molar-refractivity contribution < 1.29 is 9.53 Å². The second-order valence-corrected chi connectivity index (χ2v) is 9.17. The van der Waals surface area contributed by atoms with Gasteiger partial charge in [-0.2, -0.15) is 0 Å². The van der Waals surface area contributed by atoms with Gasteiger partial charge < -0.3 is 10.1 Å². The second-order valence-electron chi connectivity index (χ2n) is 7.43. The van der Waals surface area contributed by atoms with Gasteiger partial charge in [0.1, 0.15) is 12.4 Å². The number of ether oxygens (including phenoxy) is 1. The molecule has 0 aliphatic heterocycles. The third-order valence-corrected chi connectivity index (χ3v) is 6.16. The fourth-order valence-corrected chi connectivity index (χ4v) is 4.09. The van der Waals surface area contributed by atoms with Gasteiger partial charge in [0.25, 0.3) is 0 Å². The number of amides is 1. The molecular weight excluding hydrogens is 456 g/mol. The molecule has 0 saturated carbocycles. The molecule has 1 amide bonds. The zero-order valence-electron chi connectivity index (χ0n) is 18.2. The molecule has 0 radical (unpaired) electrons. The second kappa shape index (κ2) is 10.6. The van der Waals surface area contributed by atoms with Crippen LogP contribution in [0.15, 0.2) is 84.0 Å². The molecule has 3 aromatic carbocycles. The van der Waals surface area contributed by atoms with E-state index >= 15 is 0 Å². The van der Waals surface area contributed by atoms with Gasteiger partial charge in [0.2, 0.25) is 5.91 Å². The summed E-state index contributed by atoms with van der Waals surface area (Å²) >= 11 is 7.30. The van der Waals surface area contributed by atoms with Crippen LogP contribution in [-0.2, 0) is 11.4 Å². The monoisotopic (exact) mass is 478 g/mol. The number of aromatic nitrogens is 3. The van der Waals surface area contributed by atoms with E-state index in [-0.39, 0.29) is 17.8 Å². The molecule has 1 N–H and O–H groups in total. The number of halogens is 1. The Morgan fingerprint density at radius 2 is 1.73 bits per heavy atom. The van der Waals surface area contributed by atoms with Crippen molar-refractivity contribution in [1.82, 2.24) is 14.8 Å². The minimum absolute atomic E-state index is 0.106. The summed E-state index contributed by atoms with van der Waals surface area (Å²) < 4.78 is 7.81. The normalized spacial score (nSPS) is 11.7. The molecule has 8 heteroatoms. The summed E-state index contributed by atoms with van der Waals surface area (Å²) in [5, 5.41) is 12.5. The molecule has 1 heterocycles. The predicted octanol–water partition coefficient (Wildman–Crippen LogP) is 5.93. The quantitative estimate of drug-likeness (QED) is 0.318. The van der Waals surface area contributed by atoms with Gasteiger partial charge in [-0.25, -0.2) is 0 Å². The van der Waals surface area contributed by atoms with Crippen LogP contribution in [-0.4, -0.2) is 25.9 Å². The number of nitrogens with one attached hydrogen (secondary N) is 1. The van der Waals surface area contributed by atoms with E-state index in [0.717, 1.165) is 16.9 Å². The van der Waals surface area contributed by atoms with Crippen LogP contribution >= 0.6 is 23.4 Å². The highest BCUT2D eigenvalue weighted by molar-refractivity contribution is 8.00. The number of thioether (sulfide) groups is 1. The van der Waals surface area contributed by atoms with Crippen LogP contribution in [0.3, 0.4) is 0 Å². The fourth-order valence-electron chi connectivity index (χ4n) is 3.08. The molecule has 0 aliphatic carbocycles. The molecule has 0 fully saturated rings. The molecule has 168 valence electrons. The molecule has 0 spiro atoms. The lowest BCUT2D eigenvalue weighted by molar-refractivity contribution is -0.115. The molecular formula is C25H23ClN4O2S. The maximum atomic E-state index is 12.8. The van der Waals surface area contributed by atoms with Gasteiger partial charge in [0, 0.05) is 16.4 Å². The minimum Gasteiger partial charge on any atom is -0.486 e. The van der Waals surface area contributed by atoms with Gasteiger partial charge in [-0.1, -0.05) is 59.3 Å². The standard InChI is InChI=1S/C25H23ClN4O2S/c1-17-8-12-20(13-9-17)27-24(31)18(2)33-25-29-28-23(30(25)21-6-4-3-5-7-21)16-32-22-14-10-19(26)11-15-22/h3-15,18H,16H2,1-2H3,(H,27,31)/t18-/m0/s1. The third kappa shape index (κ3) is 5.94. The summed E-state index contributed by atoms with van der Waals surface area (Å²) in [4.78, 5) is 12.8. The van der Waals surface area contributed by atoms with E-state index in [2.05, 4.69) is 15.5 Å². The van der Waals surface area contributed by atoms with E-state index in [1.807, 2.05) is 73.0 Å². The van der Waals surface area contributed by atoms with Crippen LogP contribution in [0.1, 0.15) is 18.3 Å². The van der Waals surface area contributed by atoms with Crippen LogP contribution in [0.2, 0.25) is 5.02 Å². The Kier molecular flexibility index (Phi) is 7.32. The van der Waals surface area contributed by atoms with E-state index in [1.165, 1.54) is 11.8 Å². The first-order valence-corrected chi connectivity index (χ1v) is 11.7. The van der Waals surface area contributed by atoms with Crippen molar-refractivity contribution in [1.29, 1.82) is 0 Å². The molecule has 1 aromatic heterocycles. The molecule has 0 aliphatic rings. The Balaban J connectivity index is 1.52. The molecule has 4 rings (SSSR count). The highest BCUT2D eigenvalue weighted by atomic mass is 35.5. The highest BCUT2D eigenvalue weighted by Crippen LogP contribution is 2.27. The fraction of sp³-hybridized carbons (Fsp3) is 0.160. The van der Waals surface area contributed by atoms with Crippen molar-refractivity contribution >= 4 is 35.0 Å². The number of rotatable bonds is 8. The first-order chi connectivity index (χ1) is 16.0. The summed E-state index contributed by atoms with van der Waals surface area (Å²) in [5.41, 5.74) is 2.80. The van der Waals surface area contributed by atoms with Crippen molar-refractivity contribution in [3.05, 3.63) is 95.3 Å². The smallest absolute Gasteiger partial charge is 0.237 e. The maximum absolute atomic E-state index is 12.8. The van der Waals surface area contributed by atoms with Gasteiger partial charge in [-0.05, 0) is 62.4 Å². The number of anilines is 1. The topological polar surface area (TPSA) is 69.0 Å². The largest absolute Gasteiger partial charge is 0.486 e. The van der Waals surface area contributed by atoms with Crippen molar-refractivity contribution in [2.45, 2.75) is 30.9 Å². The Morgan fingerprint density at radius 3 is 2.42 bits per heavy atom. The number of nitrogens with zero attached hydrogens (tertiary/aromatic N) is 3.